The average molecular weight is 440 g/mol. The second kappa shape index (κ2) is 16.4. The van der Waals surface area contributed by atoms with Crippen molar-refractivity contribution in [2.45, 2.75) is 93.1 Å². The van der Waals surface area contributed by atoms with Crippen LogP contribution in [0.2, 0.25) is 0 Å². The molecular formula is C30H49NO. The molecule has 2 heterocycles. The Kier molecular flexibility index (Phi) is 15.3. The third-order valence-corrected chi connectivity index (χ3v) is 5.29. The molecule has 1 fully saturated rings. The van der Waals surface area contributed by atoms with Crippen LogP contribution >= 0.6 is 0 Å². The smallest absolute Gasteiger partial charge is 0.123 e. The topological polar surface area (TPSA) is 12.5 Å². The van der Waals surface area contributed by atoms with Crippen molar-refractivity contribution in [3.05, 3.63) is 77.5 Å². The number of likely N-dealkylation sites (tertiary alicyclic amines) is 1. The van der Waals surface area contributed by atoms with Crippen LogP contribution in [0.1, 0.15) is 83.9 Å². The second-order valence-electron chi connectivity index (χ2n) is 8.57. The van der Waals surface area contributed by atoms with Crippen LogP contribution in [0.15, 0.2) is 60.8 Å². The van der Waals surface area contributed by atoms with Gasteiger partial charge in [0.05, 0.1) is 0 Å². The first-order valence-electron chi connectivity index (χ1n) is 12.5. The number of ether oxygens (including phenoxy) is 1. The van der Waals surface area contributed by atoms with Gasteiger partial charge in [0.15, 0.2) is 0 Å². The number of rotatable bonds is 0. The monoisotopic (exact) mass is 439 g/mol. The van der Waals surface area contributed by atoms with Crippen LogP contribution in [-0.2, 0) is 6.42 Å². The Morgan fingerprint density at radius 1 is 0.844 bits per heavy atom. The highest BCUT2D eigenvalue weighted by Gasteiger charge is 2.25. The van der Waals surface area contributed by atoms with E-state index in [0.29, 0.717) is 0 Å². The van der Waals surface area contributed by atoms with E-state index in [0.717, 1.165) is 18.6 Å². The summed E-state index contributed by atoms with van der Waals surface area (Å²) in [5.41, 5.74) is 5.32. The van der Waals surface area contributed by atoms with Crippen LogP contribution in [0.4, 0.5) is 0 Å². The molecule has 2 aromatic carbocycles. The number of benzene rings is 2. The fourth-order valence-corrected chi connectivity index (χ4v) is 3.35. The Morgan fingerprint density at radius 3 is 1.94 bits per heavy atom. The third-order valence-electron chi connectivity index (χ3n) is 5.29. The van der Waals surface area contributed by atoms with E-state index in [4.69, 9.17) is 4.74 Å². The van der Waals surface area contributed by atoms with Crippen molar-refractivity contribution < 1.29 is 4.74 Å². The Bertz CT molecular complexity index is 749. The summed E-state index contributed by atoms with van der Waals surface area (Å²) in [5.74, 6) is 1.07. The van der Waals surface area contributed by atoms with E-state index in [1.807, 2.05) is 45.9 Å². The number of allylic oxidation sites excluding steroid dienone is 1. The average Bonchev–Trinajstić information content (AvgIpc) is 2.80. The van der Waals surface area contributed by atoms with Crippen LogP contribution in [0.5, 0.6) is 5.75 Å². The molecule has 0 atom stereocenters. The van der Waals surface area contributed by atoms with Gasteiger partial charge in [-0.3, -0.25) is 0 Å². The summed E-state index contributed by atoms with van der Waals surface area (Å²) < 4.78 is 5.87. The Labute approximate surface area is 199 Å². The molecule has 2 aromatic rings. The lowest BCUT2D eigenvalue weighted by molar-refractivity contribution is 0.0846. The molecule has 0 aromatic heterocycles. The maximum absolute atomic E-state index is 5.87. The molecule has 0 N–H and O–H groups in total. The minimum Gasteiger partial charge on any atom is -0.488 e. The molecule has 1 saturated heterocycles. The molecule has 0 radical (unpaired) electrons. The van der Waals surface area contributed by atoms with Crippen molar-refractivity contribution in [1.82, 2.24) is 4.90 Å². The first kappa shape index (κ1) is 29.8. The van der Waals surface area contributed by atoms with Gasteiger partial charge >= 0.3 is 0 Å². The number of hydrogen-bond acceptors (Lipinski definition) is 2. The molecule has 0 aliphatic carbocycles. The van der Waals surface area contributed by atoms with E-state index in [1.54, 1.807) is 0 Å². The molecule has 0 amide bonds. The van der Waals surface area contributed by atoms with E-state index in [1.165, 1.54) is 48.2 Å². The van der Waals surface area contributed by atoms with Crippen molar-refractivity contribution in [1.29, 1.82) is 0 Å². The van der Waals surface area contributed by atoms with Crippen molar-refractivity contribution in [2.24, 2.45) is 0 Å². The Balaban J connectivity index is 0.000000439. The lowest BCUT2D eigenvalue weighted by Crippen LogP contribution is -2.32. The van der Waals surface area contributed by atoms with Gasteiger partial charge in [0.25, 0.3) is 0 Å². The number of aryl methyl sites for hydroxylation is 3. The van der Waals surface area contributed by atoms with Crippen LogP contribution < -0.4 is 4.74 Å². The zero-order chi connectivity index (χ0) is 24.6. The highest BCUT2D eigenvalue weighted by Crippen LogP contribution is 2.33. The van der Waals surface area contributed by atoms with Gasteiger partial charge in [0, 0.05) is 19.3 Å². The van der Waals surface area contributed by atoms with Gasteiger partial charge in [0.2, 0.25) is 0 Å². The third kappa shape index (κ3) is 12.0. The van der Waals surface area contributed by atoms with E-state index in [-0.39, 0.29) is 5.60 Å². The summed E-state index contributed by atoms with van der Waals surface area (Å²) in [4.78, 5) is 2.24. The molecule has 0 bridgehead atoms. The molecule has 32 heavy (non-hydrogen) atoms. The van der Waals surface area contributed by atoms with Gasteiger partial charge in [-0.15, -0.1) is 0 Å². The lowest BCUT2D eigenvalue weighted by atomic mass is 9.93. The molecule has 180 valence electrons. The summed E-state index contributed by atoms with van der Waals surface area (Å²) in [6.07, 6.45) is 6.14. The predicted molar refractivity (Wildman–Crippen MR) is 144 cm³/mol. The van der Waals surface area contributed by atoms with Gasteiger partial charge < -0.3 is 9.64 Å². The molecule has 4 rings (SSSR count). The molecule has 0 saturated carbocycles. The minimum atomic E-state index is 0.0161. The molecular weight excluding hydrogens is 390 g/mol. The molecule has 2 aliphatic rings. The SMILES string of the molecule is C=C1CCCCN1C.CC.CC.Cc1ccc2c(c1)CCC(C)(C)O2.Cc1ccccc1. The molecule has 2 nitrogen and oxygen atoms in total. The number of hydrogen-bond donors (Lipinski definition) is 0. The largest absolute Gasteiger partial charge is 0.488 e. The van der Waals surface area contributed by atoms with E-state index < -0.39 is 0 Å². The molecule has 0 unspecified atom stereocenters. The molecule has 0 spiro atoms. The van der Waals surface area contributed by atoms with Gasteiger partial charge in [0.1, 0.15) is 11.4 Å². The van der Waals surface area contributed by atoms with Gasteiger partial charge in [-0.2, -0.15) is 0 Å². The van der Waals surface area contributed by atoms with Crippen molar-refractivity contribution >= 4 is 0 Å². The zero-order valence-corrected chi connectivity index (χ0v) is 22.4. The zero-order valence-electron chi connectivity index (χ0n) is 22.4. The van der Waals surface area contributed by atoms with Crippen molar-refractivity contribution in [3.8, 4) is 5.75 Å². The summed E-state index contributed by atoms with van der Waals surface area (Å²) in [6.45, 7) is 21.6. The van der Waals surface area contributed by atoms with Crippen LogP contribution in [0.3, 0.4) is 0 Å². The number of nitrogens with zero attached hydrogens (tertiary/aromatic N) is 1. The van der Waals surface area contributed by atoms with E-state index in [9.17, 15) is 0 Å². The minimum absolute atomic E-state index is 0.0161. The maximum Gasteiger partial charge on any atom is 0.123 e. The summed E-state index contributed by atoms with van der Waals surface area (Å²) in [6, 6.07) is 16.7. The van der Waals surface area contributed by atoms with Gasteiger partial charge in [-0.1, -0.05) is 87.9 Å². The quantitative estimate of drug-likeness (QED) is 0.407. The summed E-state index contributed by atoms with van der Waals surface area (Å²) in [7, 11) is 2.11. The Morgan fingerprint density at radius 2 is 1.47 bits per heavy atom. The normalized spacial score (nSPS) is 15.4. The molecule has 2 heteroatoms. The van der Waals surface area contributed by atoms with Crippen LogP contribution in [-0.4, -0.2) is 24.1 Å². The second-order valence-corrected chi connectivity index (χ2v) is 8.57. The summed E-state index contributed by atoms with van der Waals surface area (Å²) >= 11 is 0. The highest BCUT2D eigenvalue weighted by molar-refractivity contribution is 5.38. The van der Waals surface area contributed by atoms with Gasteiger partial charge in [-0.25, -0.2) is 0 Å². The first-order valence-corrected chi connectivity index (χ1v) is 12.5. The van der Waals surface area contributed by atoms with Crippen molar-refractivity contribution in [3.63, 3.8) is 0 Å². The number of fused-ring (bicyclic) bond motifs is 1. The summed E-state index contributed by atoms with van der Waals surface area (Å²) in [5, 5.41) is 0. The fourth-order valence-electron chi connectivity index (χ4n) is 3.35. The standard InChI is InChI=1S/C12H16O.C7H13N.C7H8.2C2H6/c1-9-4-5-11-10(8-9)6-7-12(2,3)13-11;1-7-5-3-4-6-8(7)2;1-7-5-3-2-4-6-7;2*1-2/h4-5,8H,6-7H2,1-3H3;1,3-6H2,2H3;2-6H,1H3;2*1-2H3. The predicted octanol–water partition coefficient (Wildman–Crippen LogP) is 8.76. The lowest BCUT2D eigenvalue weighted by Gasteiger charge is -2.32. The van der Waals surface area contributed by atoms with E-state index >= 15 is 0 Å². The van der Waals surface area contributed by atoms with Crippen molar-refractivity contribution in [2.75, 3.05) is 13.6 Å². The van der Waals surface area contributed by atoms with Gasteiger partial charge in [-0.05, 0) is 71.4 Å². The number of piperidine rings is 1. The fraction of sp³-hybridized carbons (Fsp3) is 0.533. The maximum atomic E-state index is 5.87. The van der Waals surface area contributed by atoms with Crippen LogP contribution in [0, 0.1) is 13.8 Å². The van der Waals surface area contributed by atoms with E-state index in [2.05, 4.69) is 76.6 Å². The van der Waals surface area contributed by atoms with Crippen LogP contribution in [0.25, 0.3) is 0 Å². The first-order chi connectivity index (χ1) is 15.3. The molecule has 2 aliphatic heterocycles. The Hall–Kier alpha value is -2.22. The highest BCUT2D eigenvalue weighted by atomic mass is 16.5.